The van der Waals surface area contributed by atoms with Crippen LogP contribution >= 0.6 is 0 Å². The van der Waals surface area contributed by atoms with Gasteiger partial charge in [0.15, 0.2) is 5.82 Å². The van der Waals surface area contributed by atoms with Crippen LogP contribution in [0.25, 0.3) is 11.4 Å². The molecule has 1 N–H and O–H groups in total. The van der Waals surface area contributed by atoms with Gasteiger partial charge in [-0.25, -0.2) is 4.98 Å². The number of benzene rings is 1. The molecule has 0 amide bonds. The summed E-state index contributed by atoms with van der Waals surface area (Å²) in [5, 5.41) is 7.03. The van der Waals surface area contributed by atoms with Crippen LogP contribution in [-0.4, -0.2) is 28.3 Å². The average molecular weight is 243 g/mol. The summed E-state index contributed by atoms with van der Waals surface area (Å²) in [7, 11) is 1.40. The zero-order valence-corrected chi connectivity index (χ0v) is 10.0. The van der Waals surface area contributed by atoms with Gasteiger partial charge in [-0.3, -0.25) is 9.89 Å². The van der Waals surface area contributed by atoms with E-state index in [4.69, 9.17) is 4.74 Å². The number of esters is 1. The number of rotatable bonds is 3. The molecule has 18 heavy (non-hydrogen) atoms. The normalized spacial score (nSPS) is 16.3. The summed E-state index contributed by atoms with van der Waals surface area (Å²) in [4.78, 5) is 16.1. The molecular weight excluding hydrogens is 230 g/mol. The molecule has 3 rings (SSSR count). The van der Waals surface area contributed by atoms with Crippen molar-refractivity contribution in [3.63, 3.8) is 0 Å². The molecule has 0 unspecified atom stereocenters. The van der Waals surface area contributed by atoms with Crippen molar-refractivity contribution < 1.29 is 9.53 Å². The number of H-pyrrole nitrogens is 1. The Kier molecular flexibility index (Phi) is 2.40. The van der Waals surface area contributed by atoms with Crippen molar-refractivity contribution in [2.45, 2.75) is 18.3 Å². The standard InChI is InChI=1S/C13H13N3O2/c1-18-12(17)13(7-8-13)11-14-10(15-16-11)9-5-3-2-4-6-9/h2-6H,7-8H2,1H3,(H,14,15,16). The average Bonchev–Trinajstić information content (AvgIpc) is 3.09. The highest BCUT2D eigenvalue weighted by Crippen LogP contribution is 2.47. The van der Waals surface area contributed by atoms with E-state index < -0.39 is 5.41 Å². The Hall–Kier alpha value is -2.17. The third-order valence-corrected chi connectivity index (χ3v) is 3.30. The minimum absolute atomic E-state index is 0.238. The summed E-state index contributed by atoms with van der Waals surface area (Å²) in [6.45, 7) is 0. The highest BCUT2D eigenvalue weighted by Gasteiger charge is 2.55. The van der Waals surface area contributed by atoms with Gasteiger partial charge in [0, 0.05) is 5.56 Å². The van der Waals surface area contributed by atoms with Gasteiger partial charge in [-0.1, -0.05) is 30.3 Å². The molecule has 5 nitrogen and oxygen atoms in total. The molecule has 5 heteroatoms. The maximum absolute atomic E-state index is 11.7. The third-order valence-electron chi connectivity index (χ3n) is 3.30. The van der Waals surface area contributed by atoms with E-state index in [1.54, 1.807) is 0 Å². The van der Waals surface area contributed by atoms with Crippen LogP contribution in [0.5, 0.6) is 0 Å². The van der Waals surface area contributed by atoms with Gasteiger partial charge in [0.1, 0.15) is 11.2 Å². The van der Waals surface area contributed by atoms with Crippen LogP contribution in [0.3, 0.4) is 0 Å². The summed E-state index contributed by atoms with van der Waals surface area (Å²) in [6.07, 6.45) is 1.53. The van der Waals surface area contributed by atoms with E-state index in [0.29, 0.717) is 11.6 Å². The smallest absolute Gasteiger partial charge is 0.319 e. The van der Waals surface area contributed by atoms with Gasteiger partial charge < -0.3 is 4.74 Å². The van der Waals surface area contributed by atoms with E-state index in [1.807, 2.05) is 30.3 Å². The van der Waals surface area contributed by atoms with Crippen molar-refractivity contribution in [1.29, 1.82) is 0 Å². The maximum atomic E-state index is 11.7. The van der Waals surface area contributed by atoms with E-state index in [9.17, 15) is 4.79 Å². The summed E-state index contributed by atoms with van der Waals surface area (Å²) in [5.74, 6) is 0.979. The summed E-state index contributed by atoms with van der Waals surface area (Å²) in [5.41, 5.74) is 0.343. The molecule has 1 fully saturated rings. The molecule has 2 aromatic rings. The number of ether oxygens (including phenoxy) is 1. The van der Waals surface area contributed by atoms with Crippen LogP contribution in [0.1, 0.15) is 18.7 Å². The molecular formula is C13H13N3O2. The molecule has 1 heterocycles. The molecule has 92 valence electrons. The van der Waals surface area contributed by atoms with Crippen LogP contribution in [0.15, 0.2) is 30.3 Å². The van der Waals surface area contributed by atoms with Crippen LogP contribution in [-0.2, 0) is 14.9 Å². The lowest BCUT2D eigenvalue weighted by Crippen LogP contribution is -2.23. The number of aromatic nitrogens is 3. The quantitative estimate of drug-likeness (QED) is 0.833. The zero-order valence-electron chi connectivity index (χ0n) is 10.0. The van der Waals surface area contributed by atoms with Crippen molar-refractivity contribution in [3.8, 4) is 11.4 Å². The van der Waals surface area contributed by atoms with Crippen molar-refractivity contribution in [1.82, 2.24) is 15.2 Å². The molecule has 0 radical (unpaired) electrons. The minimum Gasteiger partial charge on any atom is -0.468 e. The van der Waals surface area contributed by atoms with Crippen LogP contribution < -0.4 is 0 Å². The molecule has 1 aliphatic rings. The Labute approximate surface area is 104 Å². The number of nitrogens with one attached hydrogen (secondary N) is 1. The number of methoxy groups -OCH3 is 1. The second-order valence-electron chi connectivity index (χ2n) is 4.45. The lowest BCUT2D eigenvalue weighted by atomic mass is 10.1. The van der Waals surface area contributed by atoms with Gasteiger partial charge in [-0.05, 0) is 12.8 Å². The number of hydrogen-bond acceptors (Lipinski definition) is 4. The Morgan fingerprint density at radius 2 is 2.06 bits per heavy atom. The summed E-state index contributed by atoms with van der Waals surface area (Å²) in [6, 6.07) is 9.67. The van der Waals surface area contributed by atoms with Crippen molar-refractivity contribution >= 4 is 5.97 Å². The number of carbonyl (C=O) groups is 1. The first-order valence-electron chi connectivity index (χ1n) is 5.83. The van der Waals surface area contributed by atoms with E-state index in [-0.39, 0.29) is 5.97 Å². The van der Waals surface area contributed by atoms with Crippen LogP contribution in [0.4, 0.5) is 0 Å². The molecule has 0 atom stereocenters. The zero-order chi connectivity index (χ0) is 12.6. The van der Waals surface area contributed by atoms with Gasteiger partial charge in [-0.2, -0.15) is 5.10 Å². The molecule has 1 aromatic carbocycles. The molecule has 0 spiro atoms. The monoisotopic (exact) mass is 243 g/mol. The lowest BCUT2D eigenvalue weighted by molar-refractivity contribution is -0.143. The van der Waals surface area contributed by atoms with E-state index in [2.05, 4.69) is 15.2 Å². The third kappa shape index (κ3) is 1.59. The number of nitrogens with zero attached hydrogens (tertiary/aromatic N) is 2. The van der Waals surface area contributed by atoms with Gasteiger partial charge in [0.25, 0.3) is 0 Å². The Morgan fingerprint density at radius 3 is 2.67 bits per heavy atom. The fourth-order valence-corrected chi connectivity index (χ4v) is 2.05. The number of hydrogen-bond donors (Lipinski definition) is 1. The van der Waals surface area contributed by atoms with Crippen molar-refractivity contribution in [3.05, 3.63) is 36.2 Å². The van der Waals surface area contributed by atoms with Crippen LogP contribution in [0.2, 0.25) is 0 Å². The fraction of sp³-hybridized carbons (Fsp3) is 0.308. The molecule has 0 aliphatic heterocycles. The Bertz CT molecular complexity index is 573. The highest BCUT2D eigenvalue weighted by molar-refractivity contribution is 5.85. The topological polar surface area (TPSA) is 67.9 Å². The van der Waals surface area contributed by atoms with Gasteiger partial charge in [-0.15, -0.1) is 0 Å². The highest BCUT2D eigenvalue weighted by atomic mass is 16.5. The molecule has 1 aliphatic carbocycles. The van der Waals surface area contributed by atoms with E-state index in [1.165, 1.54) is 7.11 Å². The first-order chi connectivity index (χ1) is 8.76. The Balaban J connectivity index is 1.94. The second-order valence-corrected chi connectivity index (χ2v) is 4.45. The van der Waals surface area contributed by atoms with Gasteiger partial charge in [0.05, 0.1) is 7.11 Å². The first kappa shape index (κ1) is 11.0. The van der Waals surface area contributed by atoms with Gasteiger partial charge in [0.2, 0.25) is 0 Å². The molecule has 1 saturated carbocycles. The minimum atomic E-state index is -0.589. The largest absolute Gasteiger partial charge is 0.468 e. The van der Waals surface area contributed by atoms with Crippen LogP contribution in [0, 0.1) is 0 Å². The number of carbonyl (C=O) groups excluding carboxylic acids is 1. The fourth-order valence-electron chi connectivity index (χ4n) is 2.05. The first-order valence-corrected chi connectivity index (χ1v) is 5.83. The van der Waals surface area contributed by atoms with Gasteiger partial charge >= 0.3 is 5.97 Å². The molecule has 1 aromatic heterocycles. The Morgan fingerprint density at radius 1 is 1.33 bits per heavy atom. The summed E-state index contributed by atoms with van der Waals surface area (Å²) >= 11 is 0. The maximum Gasteiger partial charge on any atom is 0.319 e. The molecule has 0 bridgehead atoms. The summed E-state index contributed by atoms with van der Waals surface area (Å²) < 4.78 is 4.82. The van der Waals surface area contributed by atoms with E-state index >= 15 is 0 Å². The second kappa shape index (κ2) is 3.94. The van der Waals surface area contributed by atoms with E-state index in [0.717, 1.165) is 18.4 Å². The van der Waals surface area contributed by atoms with Crippen molar-refractivity contribution in [2.24, 2.45) is 0 Å². The molecule has 0 saturated heterocycles. The number of aromatic amines is 1. The lowest BCUT2D eigenvalue weighted by Gasteiger charge is -2.07. The predicted octanol–water partition coefficient (Wildman–Crippen LogP) is 1.68. The SMILES string of the molecule is COC(=O)C1(c2nc(-c3ccccc3)n[nH]2)CC1. The predicted molar refractivity (Wildman–Crippen MR) is 64.7 cm³/mol. The van der Waals surface area contributed by atoms with Crippen molar-refractivity contribution in [2.75, 3.05) is 7.11 Å².